The number of benzene rings is 1. The summed E-state index contributed by atoms with van der Waals surface area (Å²) in [6.45, 7) is 0.469. The lowest BCUT2D eigenvalue weighted by atomic mass is 10.1. The Balaban J connectivity index is 1.93. The molecule has 1 aliphatic rings. The topological polar surface area (TPSA) is 61.8 Å². The number of amides is 2. The van der Waals surface area contributed by atoms with Gasteiger partial charge in [-0.05, 0) is 5.56 Å². The van der Waals surface area contributed by atoms with Crippen LogP contribution in [0, 0.1) is 0 Å². The quantitative estimate of drug-likeness (QED) is 0.860. The number of hydrazone groups is 1. The van der Waals surface area contributed by atoms with Crippen molar-refractivity contribution in [3.05, 3.63) is 35.9 Å². The van der Waals surface area contributed by atoms with Crippen LogP contribution in [-0.2, 0) is 16.1 Å². The van der Waals surface area contributed by atoms with Crippen LogP contribution < -0.4 is 5.32 Å². The molecular formula is C13H15N3O2. The highest BCUT2D eigenvalue weighted by Gasteiger charge is 2.21. The first kappa shape index (κ1) is 12.3. The second kappa shape index (κ2) is 5.44. The molecule has 0 fully saturated rings. The largest absolute Gasteiger partial charge is 0.347 e. The third-order valence-electron chi connectivity index (χ3n) is 2.77. The lowest BCUT2D eigenvalue weighted by Gasteiger charge is -2.18. The molecule has 1 heterocycles. The van der Waals surface area contributed by atoms with Gasteiger partial charge in [-0.15, -0.1) is 0 Å². The molecular weight excluding hydrogens is 230 g/mol. The van der Waals surface area contributed by atoms with Crippen LogP contribution in [0.1, 0.15) is 18.4 Å². The fourth-order valence-electron chi connectivity index (χ4n) is 1.71. The highest BCUT2D eigenvalue weighted by Crippen LogP contribution is 2.07. The van der Waals surface area contributed by atoms with E-state index >= 15 is 0 Å². The number of carbonyl (C=O) groups excluding carboxylic acids is 2. The van der Waals surface area contributed by atoms with Gasteiger partial charge < -0.3 is 5.32 Å². The van der Waals surface area contributed by atoms with Crippen molar-refractivity contribution in [1.82, 2.24) is 10.3 Å². The molecule has 1 N–H and O–H groups in total. The smallest absolute Gasteiger partial charge is 0.267 e. The zero-order valence-electron chi connectivity index (χ0n) is 10.2. The summed E-state index contributed by atoms with van der Waals surface area (Å²) in [4.78, 5) is 23.1. The van der Waals surface area contributed by atoms with Gasteiger partial charge in [-0.2, -0.15) is 5.10 Å². The van der Waals surface area contributed by atoms with Crippen molar-refractivity contribution < 1.29 is 9.59 Å². The maximum Gasteiger partial charge on any atom is 0.267 e. The van der Waals surface area contributed by atoms with E-state index in [1.165, 1.54) is 5.01 Å². The van der Waals surface area contributed by atoms with E-state index in [1.807, 2.05) is 30.3 Å². The summed E-state index contributed by atoms with van der Waals surface area (Å²) in [5.74, 6) is -0.271. The Kier molecular flexibility index (Phi) is 3.72. The number of hydrogen-bond donors (Lipinski definition) is 1. The van der Waals surface area contributed by atoms with Crippen molar-refractivity contribution in [3.63, 3.8) is 0 Å². The monoisotopic (exact) mass is 245 g/mol. The molecule has 1 aromatic carbocycles. The Morgan fingerprint density at radius 2 is 2.06 bits per heavy atom. The molecule has 2 rings (SSSR count). The van der Waals surface area contributed by atoms with Gasteiger partial charge in [0.15, 0.2) is 0 Å². The molecule has 1 aliphatic heterocycles. The van der Waals surface area contributed by atoms with E-state index in [4.69, 9.17) is 0 Å². The SMILES string of the molecule is CN1N=C(C(=O)NCc2ccccc2)CCC1=O. The fraction of sp³-hybridized carbons (Fsp3) is 0.308. The standard InChI is InChI=1S/C13H15N3O2/c1-16-12(17)8-7-11(15-16)13(18)14-9-10-5-3-2-4-6-10/h2-6H,7-9H2,1H3,(H,14,18). The minimum Gasteiger partial charge on any atom is -0.347 e. The number of hydrogen-bond acceptors (Lipinski definition) is 3. The molecule has 0 saturated heterocycles. The maximum atomic E-state index is 11.8. The zero-order valence-corrected chi connectivity index (χ0v) is 10.2. The van der Waals surface area contributed by atoms with Crippen molar-refractivity contribution in [1.29, 1.82) is 0 Å². The summed E-state index contributed by atoms with van der Waals surface area (Å²) in [6.07, 6.45) is 0.748. The average molecular weight is 245 g/mol. The van der Waals surface area contributed by atoms with E-state index in [0.29, 0.717) is 25.1 Å². The minimum absolute atomic E-state index is 0.0605. The van der Waals surface area contributed by atoms with E-state index < -0.39 is 0 Å². The molecule has 2 amide bonds. The van der Waals surface area contributed by atoms with Crippen LogP contribution >= 0.6 is 0 Å². The lowest BCUT2D eigenvalue weighted by molar-refractivity contribution is -0.130. The van der Waals surface area contributed by atoms with Gasteiger partial charge in [0.2, 0.25) is 5.91 Å². The molecule has 5 nitrogen and oxygen atoms in total. The van der Waals surface area contributed by atoms with Gasteiger partial charge in [0, 0.05) is 26.4 Å². The Hall–Kier alpha value is -2.17. The van der Waals surface area contributed by atoms with Crippen LogP contribution in [0.3, 0.4) is 0 Å². The summed E-state index contributed by atoms with van der Waals surface area (Å²) >= 11 is 0. The summed E-state index contributed by atoms with van der Waals surface area (Å²) in [5, 5.41) is 7.98. The van der Waals surface area contributed by atoms with Gasteiger partial charge in [-0.1, -0.05) is 30.3 Å². The molecule has 18 heavy (non-hydrogen) atoms. The molecule has 94 valence electrons. The molecule has 0 saturated carbocycles. The van der Waals surface area contributed by atoms with Crippen molar-refractivity contribution in [2.75, 3.05) is 7.05 Å². The Labute approximate surface area is 105 Å². The van der Waals surface area contributed by atoms with Gasteiger partial charge in [0.1, 0.15) is 5.71 Å². The van der Waals surface area contributed by atoms with Gasteiger partial charge in [-0.25, -0.2) is 5.01 Å². The van der Waals surface area contributed by atoms with E-state index in [1.54, 1.807) is 7.05 Å². The number of rotatable bonds is 3. The normalized spacial score (nSPS) is 15.3. The third-order valence-corrected chi connectivity index (χ3v) is 2.77. The van der Waals surface area contributed by atoms with Crippen LogP contribution in [-0.4, -0.2) is 29.6 Å². The van der Waals surface area contributed by atoms with Crippen molar-refractivity contribution >= 4 is 17.5 Å². The van der Waals surface area contributed by atoms with Crippen LogP contribution in [0.15, 0.2) is 35.4 Å². The Bertz CT molecular complexity index is 482. The molecule has 0 atom stereocenters. The number of nitrogens with zero attached hydrogens (tertiary/aromatic N) is 2. The van der Waals surface area contributed by atoms with Gasteiger partial charge >= 0.3 is 0 Å². The Morgan fingerprint density at radius 3 is 2.72 bits per heavy atom. The number of carbonyl (C=O) groups is 2. The second-order valence-corrected chi connectivity index (χ2v) is 4.13. The van der Waals surface area contributed by atoms with Crippen LogP contribution in [0.25, 0.3) is 0 Å². The fourth-order valence-corrected chi connectivity index (χ4v) is 1.71. The van der Waals surface area contributed by atoms with E-state index in [2.05, 4.69) is 10.4 Å². The van der Waals surface area contributed by atoms with Crippen molar-refractivity contribution in [3.8, 4) is 0 Å². The molecule has 0 bridgehead atoms. The summed E-state index contributed by atoms with van der Waals surface area (Å²) in [5.41, 5.74) is 1.44. The van der Waals surface area contributed by atoms with Gasteiger partial charge in [-0.3, -0.25) is 9.59 Å². The second-order valence-electron chi connectivity index (χ2n) is 4.13. The average Bonchev–Trinajstić information content (AvgIpc) is 2.40. The molecule has 0 aromatic heterocycles. The van der Waals surface area contributed by atoms with E-state index in [9.17, 15) is 9.59 Å². The molecule has 0 aliphatic carbocycles. The van der Waals surface area contributed by atoms with Crippen molar-refractivity contribution in [2.24, 2.45) is 5.10 Å². The first-order valence-electron chi connectivity index (χ1n) is 5.83. The highest BCUT2D eigenvalue weighted by atomic mass is 16.2. The lowest BCUT2D eigenvalue weighted by Crippen LogP contribution is -2.37. The third kappa shape index (κ3) is 2.94. The van der Waals surface area contributed by atoms with Crippen molar-refractivity contribution in [2.45, 2.75) is 19.4 Å². The first-order valence-corrected chi connectivity index (χ1v) is 5.83. The Morgan fingerprint density at radius 1 is 1.33 bits per heavy atom. The van der Waals surface area contributed by atoms with Gasteiger partial charge in [0.25, 0.3) is 5.91 Å². The maximum absolute atomic E-state index is 11.8. The minimum atomic E-state index is -0.210. The zero-order chi connectivity index (χ0) is 13.0. The summed E-state index contributed by atoms with van der Waals surface area (Å²) in [7, 11) is 1.56. The summed E-state index contributed by atoms with van der Waals surface area (Å²) < 4.78 is 0. The predicted molar refractivity (Wildman–Crippen MR) is 67.7 cm³/mol. The van der Waals surface area contributed by atoms with Crippen LogP contribution in [0.4, 0.5) is 0 Å². The molecule has 0 unspecified atom stereocenters. The van der Waals surface area contributed by atoms with Crippen LogP contribution in [0.2, 0.25) is 0 Å². The van der Waals surface area contributed by atoms with E-state index in [0.717, 1.165) is 5.56 Å². The van der Waals surface area contributed by atoms with E-state index in [-0.39, 0.29) is 11.8 Å². The molecule has 0 radical (unpaired) electrons. The first-order chi connectivity index (χ1) is 8.66. The highest BCUT2D eigenvalue weighted by molar-refractivity contribution is 6.39. The van der Waals surface area contributed by atoms with Crippen LogP contribution in [0.5, 0.6) is 0 Å². The van der Waals surface area contributed by atoms with Gasteiger partial charge in [0.05, 0.1) is 0 Å². The number of nitrogens with one attached hydrogen (secondary N) is 1. The molecule has 0 spiro atoms. The summed E-state index contributed by atoms with van der Waals surface area (Å²) in [6, 6.07) is 9.66. The molecule has 5 heteroatoms. The molecule has 1 aromatic rings. The predicted octanol–water partition coefficient (Wildman–Crippen LogP) is 0.911.